The highest BCUT2D eigenvalue weighted by atomic mass is 32.1. The van der Waals surface area contributed by atoms with E-state index in [4.69, 9.17) is 17.3 Å². The summed E-state index contributed by atoms with van der Waals surface area (Å²) in [6.45, 7) is 0. The molecule has 0 aliphatic rings. The Morgan fingerprint density at radius 3 is 2.46 bits per heavy atom. The highest BCUT2D eigenvalue weighted by Crippen LogP contribution is 2.25. The molecule has 0 spiro atoms. The fraction of sp³-hybridized carbons (Fsp3) is 0. The van der Waals surface area contributed by atoms with Crippen molar-refractivity contribution in [1.29, 1.82) is 0 Å². The van der Waals surface area contributed by atoms with Gasteiger partial charge < -0.3 is 15.5 Å². The Kier molecular flexibility index (Phi) is 5.98. The van der Waals surface area contributed by atoms with Crippen LogP contribution in [0.3, 0.4) is 0 Å². The Bertz CT molecular complexity index is 1040. The standard InChI is InChI=1S/C21H17N3O3S/c25-19-12-15(14-5-2-1-3-6-14)9-10-17(19)13-22-24-21(28)23-18-8-4-7-16(11-18)20(26)27/h1-13,25H,(H,26,27)(H2,23,24,28). The Balaban J connectivity index is 1.62. The topological polar surface area (TPSA) is 94.0 Å². The number of aromatic carboxylic acids is 1. The van der Waals surface area contributed by atoms with Crippen LogP contribution in [-0.2, 0) is 0 Å². The van der Waals surface area contributed by atoms with Crippen LogP contribution in [0.4, 0.5) is 5.69 Å². The maximum Gasteiger partial charge on any atom is 0.335 e. The number of aromatic hydroxyl groups is 1. The second kappa shape index (κ2) is 8.79. The van der Waals surface area contributed by atoms with Crippen molar-refractivity contribution < 1.29 is 15.0 Å². The second-order valence-corrected chi connectivity index (χ2v) is 6.26. The van der Waals surface area contributed by atoms with Gasteiger partial charge in [-0.15, -0.1) is 0 Å². The summed E-state index contributed by atoms with van der Waals surface area (Å²) in [5.41, 5.74) is 5.76. The molecule has 0 bridgehead atoms. The van der Waals surface area contributed by atoms with Gasteiger partial charge in [-0.25, -0.2) is 4.79 Å². The van der Waals surface area contributed by atoms with Crippen molar-refractivity contribution in [2.45, 2.75) is 0 Å². The summed E-state index contributed by atoms with van der Waals surface area (Å²) in [6, 6.07) is 21.3. The van der Waals surface area contributed by atoms with Gasteiger partial charge in [0, 0.05) is 11.3 Å². The van der Waals surface area contributed by atoms with Crippen LogP contribution in [-0.4, -0.2) is 27.5 Å². The number of rotatable bonds is 5. The molecule has 0 saturated carbocycles. The number of carbonyl (C=O) groups is 1. The quantitative estimate of drug-likeness (QED) is 0.297. The zero-order valence-corrected chi connectivity index (χ0v) is 15.5. The van der Waals surface area contributed by atoms with E-state index >= 15 is 0 Å². The van der Waals surface area contributed by atoms with E-state index in [1.165, 1.54) is 18.3 Å². The summed E-state index contributed by atoms with van der Waals surface area (Å²) in [5.74, 6) is -0.921. The van der Waals surface area contributed by atoms with Gasteiger partial charge in [-0.3, -0.25) is 5.43 Å². The molecule has 0 aromatic heterocycles. The predicted octanol–water partition coefficient (Wildman–Crippen LogP) is 4.08. The average molecular weight is 391 g/mol. The maximum absolute atomic E-state index is 11.0. The van der Waals surface area contributed by atoms with Crippen LogP contribution in [0.25, 0.3) is 11.1 Å². The fourth-order valence-corrected chi connectivity index (χ4v) is 2.68. The SMILES string of the molecule is O=C(O)c1cccc(NC(=S)NN=Cc2ccc(-c3ccccc3)cc2O)c1. The van der Waals surface area contributed by atoms with Crippen LogP contribution in [0.1, 0.15) is 15.9 Å². The molecule has 0 radical (unpaired) electrons. The Morgan fingerprint density at radius 1 is 0.964 bits per heavy atom. The van der Waals surface area contributed by atoms with Gasteiger partial charge in [-0.2, -0.15) is 5.10 Å². The zero-order valence-electron chi connectivity index (χ0n) is 14.7. The normalized spacial score (nSPS) is 10.6. The van der Waals surface area contributed by atoms with Crippen LogP contribution < -0.4 is 10.7 Å². The number of benzene rings is 3. The van der Waals surface area contributed by atoms with Crippen molar-refractivity contribution >= 4 is 35.2 Å². The third kappa shape index (κ3) is 4.93. The lowest BCUT2D eigenvalue weighted by Gasteiger charge is -2.08. The first-order valence-corrected chi connectivity index (χ1v) is 8.75. The molecule has 28 heavy (non-hydrogen) atoms. The molecular weight excluding hydrogens is 374 g/mol. The summed E-state index contributed by atoms with van der Waals surface area (Å²) in [6.07, 6.45) is 1.45. The number of phenols is 1. The van der Waals surface area contributed by atoms with Gasteiger partial charge in [0.15, 0.2) is 5.11 Å². The second-order valence-electron chi connectivity index (χ2n) is 5.85. The van der Waals surface area contributed by atoms with Crippen LogP contribution in [0, 0.1) is 0 Å². The van der Waals surface area contributed by atoms with Gasteiger partial charge in [-0.1, -0.05) is 42.5 Å². The molecule has 0 fully saturated rings. The number of hydrogen-bond donors (Lipinski definition) is 4. The number of hydrogen-bond acceptors (Lipinski definition) is 4. The summed E-state index contributed by atoms with van der Waals surface area (Å²) >= 11 is 5.13. The van der Waals surface area contributed by atoms with Gasteiger partial charge in [-0.05, 0) is 53.7 Å². The van der Waals surface area contributed by atoms with Gasteiger partial charge in [0.2, 0.25) is 0 Å². The van der Waals surface area contributed by atoms with E-state index in [0.717, 1.165) is 11.1 Å². The molecule has 0 amide bonds. The first-order chi connectivity index (χ1) is 13.5. The number of thiocarbonyl (C=S) groups is 1. The van der Waals surface area contributed by atoms with Crippen molar-refractivity contribution in [3.05, 3.63) is 83.9 Å². The molecule has 7 heteroatoms. The van der Waals surface area contributed by atoms with E-state index < -0.39 is 5.97 Å². The highest BCUT2D eigenvalue weighted by Gasteiger charge is 2.05. The van der Waals surface area contributed by atoms with E-state index in [1.54, 1.807) is 24.3 Å². The minimum atomic E-state index is -1.02. The van der Waals surface area contributed by atoms with E-state index in [-0.39, 0.29) is 16.4 Å². The zero-order chi connectivity index (χ0) is 19.9. The molecule has 3 aromatic rings. The third-order valence-corrected chi connectivity index (χ3v) is 4.07. The van der Waals surface area contributed by atoms with E-state index in [9.17, 15) is 9.90 Å². The van der Waals surface area contributed by atoms with Gasteiger partial charge in [0.25, 0.3) is 0 Å². The molecule has 4 N–H and O–H groups in total. The van der Waals surface area contributed by atoms with Crippen LogP contribution in [0.5, 0.6) is 5.75 Å². The van der Waals surface area contributed by atoms with Crippen molar-refractivity contribution in [3.63, 3.8) is 0 Å². The molecule has 0 heterocycles. The number of anilines is 1. The predicted molar refractivity (Wildman–Crippen MR) is 114 cm³/mol. The van der Waals surface area contributed by atoms with Crippen molar-refractivity contribution in [2.75, 3.05) is 5.32 Å². The van der Waals surface area contributed by atoms with Crippen LogP contribution in [0.15, 0.2) is 77.9 Å². The summed E-state index contributed by atoms with van der Waals surface area (Å²) in [5, 5.41) is 26.3. The molecule has 0 aliphatic heterocycles. The van der Waals surface area contributed by atoms with Crippen molar-refractivity contribution in [2.24, 2.45) is 5.10 Å². The smallest absolute Gasteiger partial charge is 0.335 e. The van der Waals surface area contributed by atoms with Gasteiger partial charge in [0.05, 0.1) is 11.8 Å². The number of nitrogens with one attached hydrogen (secondary N) is 2. The molecular formula is C21H17N3O3S. The van der Waals surface area contributed by atoms with E-state index in [1.807, 2.05) is 36.4 Å². The average Bonchev–Trinajstić information content (AvgIpc) is 2.70. The van der Waals surface area contributed by atoms with E-state index in [0.29, 0.717) is 11.3 Å². The summed E-state index contributed by atoms with van der Waals surface area (Å²) < 4.78 is 0. The molecule has 3 rings (SSSR count). The van der Waals surface area contributed by atoms with Crippen LogP contribution >= 0.6 is 12.2 Å². The molecule has 0 unspecified atom stereocenters. The Hall–Kier alpha value is -3.71. The summed E-state index contributed by atoms with van der Waals surface area (Å²) in [4.78, 5) is 11.0. The lowest BCUT2D eigenvalue weighted by Crippen LogP contribution is -2.24. The number of carboxylic acids is 1. The number of phenolic OH excluding ortho intramolecular Hbond substituents is 1. The Morgan fingerprint density at radius 2 is 1.75 bits per heavy atom. The molecule has 6 nitrogen and oxygen atoms in total. The molecule has 3 aromatic carbocycles. The summed E-state index contributed by atoms with van der Waals surface area (Å²) in [7, 11) is 0. The third-order valence-electron chi connectivity index (χ3n) is 3.87. The fourth-order valence-electron chi connectivity index (χ4n) is 2.51. The molecule has 0 saturated heterocycles. The first-order valence-electron chi connectivity index (χ1n) is 8.35. The van der Waals surface area contributed by atoms with Gasteiger partial charge in [0.1, 0.15) is 5.75 Å². The largest absolute Gasteiger partial charge is 0.507 e. The lowest BCUT2D eigenvalue weighted by atomic mass is 10.0. The van der Waals surface area contributed by atoms with Crippen molar-refractivity contribution in [3.8, 4) is 16.9 Å². The maximum atomic E-state index is 11.0. The monoisotopic (exact) mass is 391 g/mol. The van der Waals surface area contributed by atoms with Gasteiger partial charge >= 0.3 is 5.97 Å². The molecule has 0 aliphatic carbocycles. The van der Waals surface area contributed by atoms with Crippen LogP contribution in [0.2, 0.25) is 0 Å². The van der Waals surface area contributed by atoms with Crippen molar-refractivity contribution in [1.82, 2.24) is 5.43 Å². The molecule has 0 atom stereocenters. The lowest BCUT2D eigenvalue weighted by molar-refractivity contribution is 0.0697. The minimum absolute atomic E-state index is 0.0972. The highest BCUT2D eigenvalue weighted by molar-refractivity contribution is 7.80. The number of hydrazone groups is 1. The Labute approximate surface area is 167 Å². The minimum Gasteiger partial charge on any atom is -0.507 e. The molecule has 140 valence electrons. The first kappa shape index (κ1) is 19.1. The number of nitrogens with zero attached hydrogens (tertiary/aromatic N) is 1. The van der Waals surface area contributed by atoms with E-state index in [2.05, 4.69) is 15.8 Å². The number of carboxylic acid groups (broad SMARTS) is 1.